The maximum Gasteiger partial charge on any atom is 0.114 e. The van der Waals surface area contributed by atoms with Crippen molar-refractivity contribution in [3.63, 3.8) is 0 Å². The zero-order chi connectivity index (χ0) is 7.56. The fourth-order valence-corrected chi connectivity index (χ4v) is 1.55. The van der Waals surface area contributed by atoms with E-state index >= 15 is 0 Å². The lowest BCUT2D eigenvalue weighted by molar-refractivity contribution is 1.11. The van der Waals surface area contributed by atoms with Crippen molar-refractivity contribution in [3.8, 4) is 0 Å². The molecule has 2 nitrogen and oxygen atoms in total. The van der Waals surface area contributed by atoms with Gasteiger partial charge in [-0.2, -0.15) is 0 Å². The van der Waals surface area contributed by atoms with Crippen molar-refractivity contribution in [1.29, 1.82) is 0 Å². The van der Waals surface area contributed by atoms with Crippen LogP contribution in [0.4, 0.5) is 0 Å². The third-order valence-corrected chi connectivity index (χ3v) is 2.60. The quantitative estimate of drug-likeness (QED) is 0.650. The van der Waals surface area contributed by atoms with Gasteiger partial charge in [0.2, 0.25) is 0 Å². The first-order valence-corrected chi connectivity index (χ1v) is 4.05. The van der Waals surface area contributed by atoms with Gasteiger partial charge in [-0.25, -0.2) is 0 Å². The van der Waals surface area contributed by atoms with E-state index < -0.39 is 0 Å². The lowest BCUT2D eigenvalue weighted by Crippen LogP contribution is -2.06. The Morgan fingerprint density at radius 3 is 2.60 bits per heavy atom. The van der Waals surface area contributed by atoms with Gasteiger partial charge < -0.3 is 11.5 Å². The van der Waals surface area contributed by atoms with Crippen molar-refractivity contribution in [3.05, 3.63) is 21.9 Å². The molecule has 10 heavy (non-hydrogen) atoms. The summed E-state index contributed by atoms with van der Waals surface area (Å²) in [6.07, 6.45) is 0. The second kappa shape index (κ2) is 3.09. The molecule has 4 N–H and O–H groups in total. The van der Waals surface area contributed by atoms with Gasteiger partial charge in [0.1, 0.15) is 4.99 Å². The van der Waals surface area contributed by atoms with Gasteiger partial charge in [0.15, 0.2) is 0 Å². The van der Waals surface area contributed by atoms with Crippen LogP contribution in [0.5, 0.6) is 0 Å². The van der Waals surface area contributed by atoms with Crippen LogP contribution in [0, 0.1) is 0 Å². The molecule has 0 aliphatic rings. The van der Waals surface area contributed by atoms with Crippen LogP contribution in [0.2, 0.25) is 0 Å². The van der Waals surface area contributed by atoms with E-state index in [1.54, 1.807) is 11.3 Å². The van der Waals surface area contributed by atoms with Crippen LogP contribution in [-0.2, 0) is 6.54 Å². The number of rotatable bonds is 2. The summed E-state index contributed by atoms with van der Waals surface area (Å²) >= 11 is 6.32. The molecule has 0 bridgehead atoms. The summed E-state index contributed by atoms with van der Waals surface area (Å²) in [6.45, 7) is 0.563. The van der Waals surface area contributed by atoms with Gasteiger partial charge in [0, 0.05) is 11.4 Å². The van der Waals surface area contributed by atoms with Crippen LogP contribution in [0.1, 0.15) is 9.75 Å². The predicted molar refractivity (Wildman–Crippen MR) is 48.1 cm³/mol. The van der Waals surface area contributed by atoms with E-state index in [0.29, 0.717) is 11.5 Å². The number of thiocarbonyl (C=S) groups is 1. The minimum absolute atomic E-state index is 0.449. The van der Waals surface area contributed by atoms with Crippen molar-refractivity contribution in [2.24, 2.45) is 11.5 Å². The molecular formula is C6H8N2S2. The molecule has 0 aromatic carbocycles. The maximum atomic E-state index is 5.39. The normalized spacial score (nSPS) is 9.70. The first kappa shape index (κ1) is 7.65. The van der Waals surface area contributed by atoms with Gasteiger partial charge in [-0.1, -0.05) is 12.2 Å². The van der Waals surface area contributed by atoms with Gasteiger partial charge in [0.25, 0.3) is 0 Å². The minimum Gasteiger partial charge on any atom is -0.389 e. The summed E-state index contributed by atoms with van der Waals surface area (Å²) in [6, 6.07) is 3.84. The molecule has 0 radical (unpaired) electrons. The highest BCUT2D eigenvalue weighted by Crippen LogP contribution is 2.14. The zero-order valence-electron chi connectivity index (χ0n) is 5.33. The standard InChI is InChI=1S/C6H8N2S2/c7-3-4-1-2-5(10-4)6(8)9/h1-2H,3,7H2,(H2,8,9). The SMILES string of the molecule is NCc1ccc(C(N)=S)s1. The highest BCUT2D eigenvalue weighted by atomic mass is 32.1. The number of thiophene rings is 1. The smallest absolute Gasteiger partial charge is 0.114 e. The molecule has 0 spiro atoms. The number of nitrogens with two attached hydrogens (primary N) is 2. The van der Waals surface area contributed by atoms with Crippen molar-refractivity contribution < 1.29 is 0 Å². The Kier molecular flexibility index (Phi) is 2.37. The van der Waals surface area contributed by atoms with E-state index in [2.05, 4.69) is 0 Å². The van der Waals surface area contributed by atoms with Crippen molar-refractivity contribution in [1.82, 2.24) is 0 Å². The summed E-state index contributed by atoms with van der Waals surface area (Å²) in [5.41, 5.74) is 10.8. The van der Waals surface area contributed by atoms with Gasteiger partial charge in [-0.3, -0.25) is 0 Å². The van der Waals surface area contributed by atoms with Crippen LogP contribution >= 0.6 is 23.6 Å². The highest BCUT2D eigenvalue weighted by molar-refractivity contribution is 7.81. The molecule has 0 aliphatic carbocycles. The Hall–Kier alpha value is -0.450. The Labute approximate surface area is 68.8 Å². The molecule has 0 unspecified atom stereocenters. The molecule has 0 atom stereocenters. The average Bonchev–Trinajstić information content (AvgIpc) is 2.34. The second-order valence-corrected chi connectivity index (χ2v) is 3.44. The van der Waals surface area contributed by atoms with Crippen LogP contribution < -0.4 is 11.5 Å². The molecular weight excluding hydrogens is 164 g/mol. The topological polar surface area (TPSA) is 52.0 Å². The molecule has 54 valence electrons. The molecule has 4 heteroatoms. The molecule has 0 saturated carbocycles. The maximum absolute atomic E-state index is 5.39. The van der Waals surface area contributed by atoms with E-state index in [1.165, 1.54) is 0 Å². The Morgan fingerprint density at radius 1 is 1.60 bits per heavy atom. The van der Waals surface area contributed by atoms with E-state index in [1.807, 2.05) is 12.1 Å². The lowest BCUT2D eigenvalue weighted by atomic mass is 10.4. The summed E-state index contributed by atoms with van der Waals surface area (Å²) in [5, 5.41) is 0. The minimum atomic E-state index is 0.449. The Balaban J connectivity index is 2.88. The average molecular weight is 172 g/mol. The van der Waals surface area contributed by atoms with Crippen molar-refractivity contribution in [2.45, 2.75) is 6.54 Å². The van der Waals surface area contributed by atoms with E-state index in [4.69, 9.17) is 23.7 Å². The second-order valence-electron chi connectivity index (χ2n) is 1.83. The molecule has 0 fully saturated rings. The molecule has 1 aromatic rings. The number of hydrogen-bond acceptors (Lipinski definition) is 3. The third-order valence-electron chi connectivity index (χ3n) is 1.11. The van der Waals surface area contributed by atoms with Crippen LogP contribution in [0.3, 0.4) is 0 Å². The van der Waals surface area contributed by atoms with Gasteiger partial charge in [0.05, 0.1) is 4.88 Å². The molecule has 0 aliphatic heterocycles. The molecule has 1 aromatic heterocycles. The molecule has 0 saturated heterocycles. The molecule has 0 amide bonds. The summed E-state index contributed by atoms with van der Waals surface area (Å²) < 4.78 is 0. The van der Waals surface area contributed by atoms with E-state index in [-0.39, 0.29) is 0 Å². The van der Waals surface area contributed by atoms with Crippen LogP contribution in [-0.4, -0.2) is 4.99 Å². The first-order chi connectivity index (χ1) is 4.74. The molecule has 1 heterocycles. The predicted octanol–water partition coefficient (Wildman–Crippen LogP) is 0.841. The fourth-order valence-electron chi connectivity index (χ4n) is 0.620. The van der Waals surface area contributed by atoms with Gasteiger partial charge >= 0.3 is 0 Å². The highest BCUT2D eigenvalue weighted by Gasteiger charge is 1.99. The number of hydrogen-bond donors (Lipinski definition) is 2. The van der Waals surface area contributed by atoms with Gasteiger partial charge in [-0.15, -0.1) is 11.3 Å². The monoisotopic (exact) mass is 172 g/mol. The van der Waals surface area contributed by atoms with Crippen molar-refractivity contribution >= 4 is 28.5 Å². The summed E-state index contributed by atoms with van der Waals surface area (Å²) in [4.78, 5) is 2.50. The Bertz CT molecular complexity index is 242. The fraction of sp³-hybridized carbons (Fsp3) is 0.167. The lowest BCUT2D eigenvalue weighted by Gasteiger charge is -1.87. The third kappa shape index (κ3) is 1.53. The first-order valence-electron chi connectivity index (χ1n) is 2.82. The zero-order valence-corrected chi connectivity index (χ0v) is 6.97. The van der Waals surface area contributed by atoms with Crippen molar-refractivity contribution in [2.75, 3.05) is 0 Å². The van der Waals surface area contributed by atoms with E-state index in [9.17, 15) is 0 Å². The Morgan fingerprint density at radius 2 is 2.30 bits per heavy atom. The van der Waals surface area contributed by atoms with Gasteiger partial charge in [-0.05, 0) is 12.1 Å². The van der Waals surface area contributed by atoms with Crippen LogP contribution in [0.15, 0.2) is 12.1 Å². The summed E-state index contributed by atoms with van der Waals surface area (Å²) in [7, 11) is 0. The van der Waals surface area contributed by atoms with E-state index in [0.717, 1.165) is 9.75 Å². The largest absolute Gasteiger partial charge is 0.389 e. The summed E-state index contributed by atoms with van der Waals surface area (Å²) in [5.74, 6) is 0. The van der Waals surface area contributed by atoms with Crippen LogP contribution in [0.25, 0.3) is 0 Å². The molecule has 1 rings (SSSR count).